The van der Waals surface area contributed by atoms with E-state index in [1.165, 1.54) is 0 Å². The van der Waals surface area contributed by atoms with Gasteiger partial charge in [-0.2, -0.15) is 0 Å². The number of nitrogens with one attached hydrogen (secondary N) is 1. The largest absolute Gasteiger partial charge is 0.465 e. The number of hydrogen-bond acceptors (Lipinski definition) is 7. The molecule has 10 heteroatoms. The highest BCUT2D eigenvalue weighted by molar-refractivity contribution is 7.89. The molecule has 0 amide bonds. The third-order valence-corrected chi connectivity index (χ3v) is 4.06. The molecule has 0 atom stereocenters. The molecule has 0 fully saturated rings. The van der Waals surface area contributed by atoms with Crippen molar-refractivity contribution in [3.63, 3.8) is 0 Å². The molecule has 0 aliphatic carbocycles. The molecule has 0 aromatic heterocycles. The van der Waals surface area contributed by atoms with E-state index in [2.05, 4.69) is 9.46 Å². The Morgan fingerprint density at radius 2 is 2.14 bits per heavy atom. The quantitative estimate of drug-likeness (QED) is 0.312. The predicted octanol–water partition coefficient (Wildman–Crippen LogP) is 0.00850. The number of nitrogens with two attached hydrogens (primary N) is 1. The second-order valence-corrected chi connectivity index (χ2v) is 5.70. The van der Waals surface area contributed by atoms with Crippen LogP contribution in [0, 0.1) is 10.1 Å². The van der Waals surface area contributed by atoms with Gasteiger partial charge in [0.2, 0.25) is 10.0 Å². The van der Waals surface area contributed by atoms with Crippen LogP contribution in [0.3, 0.4) is 0 Å². The number of carbonyl (C=O) groups excluding carboxylic acids is 1. The maximum Gasteiger partial charge on any atom is 0.339 e. The molecule has 1 rings (SSSR count). The van der Waals surface area contributed by atoms with Gasteiger partial charge in [0.15, 0.2) is 0 Å². The normalized spacial score (nSPS) is 11.1. The molecular formula is C11H15N3O6S. The van der Waals surface area contributed by atoms with Crippen LogP contribution < -0.4 is 10.5 Å². The van der Waals surface area contributed by atoms with Crippen LogP contribution in [0.1, 0.15) is 16.8 Å². The molecule has 0 heterocycles. The fraction of sp³-hybridized carbons (Fsp3) is 0.364. The summed E-state index contributed by atoms with van der Waals surface area (Å²) in [6.07, 6.45) is 0.416. The highest BCUT2D eigenvalue weighted by atomic mass is 32.2. The van der Waals surface area contributed by atoms with Gasteiger partial charge in [-0.1, -0.05) is 0 Å². The Kier molecular flexibility index (Phi) is 5.76. The number of rotatable bonds is 7. The molecule has 21 heavy (non-hydrogen) atoms. The fourth-order valence-corrected chi connectivity index (χ4v) is 2.77. The average molecular weight is 317 g/mol. The number of esters is 1. The Bertz CT molecular complexity index is 643. The molecular weight excluding hydrogens is 302 g/mol. The zero-order valence-corrected chi connectivity index (χ0v) is 12.1. The zero-order valence-electron chi connectivity index (χ0n) is 11.2. The molecule has 0 spiro atoms. The summed E-state index contributed by atoms with van der Waals surface area (Å²) in [6.45, 7) is 0.392. The van der Waals surface area contributed by atoms with E-state index in [4.69, 9.17) is 5.73 Å². The molecule has 9 nitrogen and oxygen atoms in total. The van der Waals surface area contributed by atoms with Crippen molar-refractivity contribution in [3.05, 3.63) is 33.9 Å². The van der Waals surface area contributed by atoms with Crippen molar-refractivity contribution in [2.45, 2.75) is 11.3 Å². The van der Waals surface area contributed by atoms with Crippen molar-refractivity contribution in [3.8, 4) is 0 Å². The highest BCUT2D eigenvalue weighted by Crippen LogP contribution is 2.22. The first-order valence-corrected chi connectivity index (χ1v) is 7.38. The molecule has 0 bridgehead atoms. The molecule has 0 saturated heterocycles. The summed E-state index contributed by atoms with van der Waals surface area (Å²) in [5.41, 5.74) is 4.46. The zero-order chi connectivity index (χ0) is 16.0. The lowest BCUT2D eigenvalue weighted by atomic mass is 10.2. The number of nitro groups is 1. The van der Waals surface area contributed by atoms with Crippen LogP contribution in [0.4, 0.5) is 5.69 Å². The smallest absolute Gasteiger partial charge is 0.339 e. The Labute approximate surface area is 121 Å². The number of methoxy groups -OCH3 is 1. The van der Waals surface area contributed by atoms with Gasteiger partial charge in [0, 0.05) is 18.7 Å². The molecule has 1 aromatic rings. The lowest BCUT2D eigenvalue weighted by Crippen LogP contribution is -2.28. The monoisotopic (exact) mass is 317 g/mol. The third-order valence-electron chi connectivity index (χ3n) is 2.54. The topological polar surface area (TPSA) is 142 Å². The van der Waals surface area contributed by atoms with Crippen LogP contribution in [0.15, 0.2) is 23.1 Å². The average Bonchev–Trinajstić information content (AvgIpc) is 2.45. The maximum atomic E-state index is 12.1. The molecule has 3 N–H and O–H groups in total. The van der Waals surface area contributed by atoms with E-state index in [0.29, 0.717) is 13.0 Å². The Balaban J connectivity index is 3.28. The first kappa shape index (κ1) is 17.0. The first-order valence-electron chi connectivity index (χ1n) is 5.90. The summed E-state index contributed by atoms with van der Waals surface area (Å²) in [7, 11) is -2.93. The number of carbonyl (C=O) groups is 1. The van der Waals surface area contributed by atoms with Gasteiger partial charge in [-0.05, 0) is 19.0 Å². The van der Waals surface area contributed by atoms with Crippen LogP contribution >= 0.6 is 0 Å². The standard InChI is InChI=1S/C11H15N3O6S/c1-20-11(15)9-7-8(14(16)17)3-4-10(9)21(18,19)13-6-2-5-12/h3-4,7,13H,2,5-6,12H2,1H3. The summed E-state index contributed by atoms with van der Waals surface area (Å²) in [5.74, 6) is -0.974. The number of sulfonamides is 1. The number of nitro benzene ring substituents is 1. The summed E-state index contributed by atoms with van der Waals surface area (Å²) < 4.78 is 30.9. The van der Waals surface area contributed by atoms with E-state index >= 15 is 0 Å². The lowest BCUT2D eigenvalue weighted by molar-refractivity contribution is -0.384. The van der Waals surface area contributed by atoms with Crippen LogP contribution in [-0.2, 0) is 14.8 Å². The molecule has 0 aliphatic heterocycles. The molecule has 0 saturated carbocycles. The van der Waals surface area contributed by atoms with Crippen molar-refractivity contribution < 1.29 is 22.9 Å². The van der Waals surface area contributed by atoms with Crippen LogP contribution in [0.5, 0.6) is 0 Å². The van der Waals surface area contributed by atoms with Crippen LogP contribution in [-0.4, -0.2) is 39.5 Å². The van der Waals surface area contributed by atoms with Gasteiger partial charge in [0.05, 0.1) is 22.5 Å². The minimum absolute atomic E-state index is 0.0937. The fourth-order valence-electron chi connectivity index (χ4n) is 1.52. The summed E-state index contributed by atoms with van der Waals surface area (Å²) >= 11 is 0. The van der Waals surface area contributed by atoms with E-state index in [-0.39, 0.29) is 11.4 Å². The Morgan fingerprint density at radius 3 is 2.67 bits per heavy atom. The minimum atomic E-state index is -3.99. The van der Waals surface area contributed by atoms with Crippen molar-refractivity contribution in [2.24, 2.45) is 5.73 Å². The first-order chi connectivity index (χ1) is 9.83. The molecule has 0 unspecified atom stereocenters. The van der Waals surface area contributed by atoms with E-state index in [1.54, 1.807) is 0 Å². The van der Waals surface area contributed by atoms with E-state index in [9.17, 15) is 23.3 Å². The minimum Gasteiger partial charge on any atom is -0.465 e. The van der Waals surface area contributed by atoms with Gasteiger partial charge in [-0.3, -0.25) is 10.1 Å². The van der Waals surface area contributed by atoms with E-state index in [0.717, 1.165) is 25.3 Å². The Morgan fingerprint density at radius 1 is 1.48 bits per heavy atom. The van der Waals surface area contributed by atoms with Gasteiger partial charge in [0.25, 0.3) is 5.69 Å². The van der Waals surface area contributed by atoms with Gasteiger partial charge in [-0.25, -0.2) is 17.9 Å². The van der Waals surface area contributed by atoms with Crippen molar-refractivity contribution in [1.82, 2.24) is 4.72 Å². The van der Waals surface area contributed by atoms with Crippen molar-refractivity contribution in [2.75, 3.05) is 20.2 Å². The van der Waals surface area contributed by atoms with Crippen LogP contribution in [0.25, 0.3) is 0 Å². The van der Waals surface area contributed by atoms with E-state index < -0.39 is 32.2 Å². The number of hydrogen-bond donors (Lipinski definition) is 2. The number of ether oxygens (including phenoxy) is 1. The number of nitrogens with zero attached hydrogens (tertiary/aromatic N) is 1. The molecule has 1 aromatic carbocycles. The van der Waals surface area contributed by atoms with Gasteiger partial charge >= 0.3 is 5.97 Å². The number of benzene rings is 1. The molecule has 0 aliphatic rings. The number of non-ortho nitro benzene ring substituents is 1. The maximum absolute atomic E-state index is 12.1. The van der Waals surface area contributed by atoms with Crippen molar-refractivity contribution >= 4 is 21.7 Å². The predicted molar refractivity (Wildman–Crippen MR) is 73.3 cm³/mol. The van der Waals surface area contributed by atoms with Gasteiger partial charge in [-0.15, -0.1) is 0 Å². The molecule has 116 valence electrons. The van der Waals surface area contributed by atoms with Crippen molar-refractivity contribution in [1.29, 1.82) is 0 Å². The second-order valence-electron chi connectivity index (χ2n) is 3.97. The summed E-state index contributed by atoms with van der Waals surface area (Å²) in [4.78, 5) is 21.2. The van der Waals surface area contributed by atoms with Gasteiger partial charge < -0.3 is 10.5 Å². The molecule has 0 radical (unpaired) electrons. The summed E-state index contributed by atoms with van der Waals surface area (Å²) in [5, 5.41) is 10.7. The summed E-state index contributed by atoms with van der Waals surface area (Å²) in [6, 6.07) is 2.86. The second kappa shape index (κ2) is 7.11. The van der Waals surface area contributed by atoms with Gasteiger partial charge in [0.1, 0.15) is 0 Å². The Hall–Kier alpha value is -2.04. The lowest BCUT2D eigenvalue weighted by Gasteiger charge is -2.10. The highest BCUT2D eigenvalue weighted by Gasteiger charge is 2.25. The SMILES string of the molecule is COC(=O)c1cc([N+](=O)[O-])ccc1S(=O)(=O)NCCCN. The van der Waals surface area contributed by atoms with E-state index in [1.807, 2.05) is 0 Å². The van der Waals surface area contributed by atoms with Crippen LogP contribution in [0.2, 0.25) is 0 Å². The third kappa shape index (κ3) is 4.21.